The lowest BCUT2D eigenvalue weighted by molar-refractivity contribution is -0.119. The summed E-state index contributed by atoms with van der Waals surface area (Å²) in [4.78, 5) is 22.8. The van der Waals surface area contributed by atoms with Crippen LogP contribution >= 0.6 is 0 Å². The summed E-state index contributed by atoms with van der Waals surface area (Å²) < 4.78 is 0. The molecule has 3 N–H and O–H groups in total. The zero-order valence-electron chi connectivity index (χ0n) is 10.7. The first kappa shape index (κ1) is 14.0. The number of amides is 2. The van der Waals surface area contributed by atoms with E-state index in [1.165, 1.54) is 0 Å². The maximum atomic E-state index is 11.5. The molecule has 0 spiro atoms. The number of hydrogen-bond donors (Lipinski definition) is 3. The van der Waals surface area contributed by atoms with Gasteiger partial charge in [-0.25, -0.2) is 0 Å². The normalized spacial score (nSPS) is 9.67. The van der Waals surface area contributed by atoms with Gasteiger partial charge < -0.3 is 16.0 Å². The smallest absolute Gasteiger partial charge is 0.251 e. The van der Waals surface area contributed by atoms with Gasteiger partial charge >= 0.3 is 0 Å². The Labute approximate surface area is 107 Å². The SMILES string of the molecule is CCNC(=O)CNc1ccc(C(=O)NCC)cc1. The Morgan fingerprint density at radius 2 is 1.61 bits per heavy atom. The van der Waals surface area contributed by atoms with Crippen molar-refractivity contribution in [3.63, 3.8) is 0 Å². The maximum absolute atomic E-state index is 11.5. The number of carbonyl (C=O) groups excluding carboxylic acids is 2. The Morgan fingerprint density at radius 3 is 2.17 bits per heavy atom. The molecule has 18 heavy (non-hydrogen) atoms. The Kier molecular flexibility index (Phi) is 5.70. The van der Waals surface area contributed by atoms with Gasteiger partial charge in [-0.05, 0) is 38.1 Å². The quantitative estimate of drug-likeness (QED) is 0.704. The van der Waals surface area contributed by atoms with Gasteiger partial charge in [0.1, 0.15) is 0 Å². The molecule has 0 aliphatic rings. The van der Waals surface area contributed by atoms with Crippen LogP contribution in [-0.4, -0.2) is 31.4 Å². The van der Waals surface area contributed by atoms with E-state index in [4.69, 9.17) is 0 Å². The number of nitrogens with one attached hydrogen (secondary N) is 3. The van der Waals surface area contributed by atoms with Crippen LogP contribution in [0.2, 0.25) is 0 Å². The average molecular weight is 249 g/mol. The van der Waals surface area contributed by atoms with Crippen LogP contribution in [0.4, 0.5) is 5.69 Å². The molecule has 0 aromatic heterocycles. The summed E-state index contributed by atoms with van der Waals surface area (Å²) in [7, 11) is 0. The monoisotopic (exact) mass is 249 g/mol. The van der Waals surface area contributed by atoms with Crippen molar-refractivity contribution in [1.82, 2.24) is 10.6 Å². The molecule has 0 saturated carbocycles. The van der Waals surface area contributed by atoms with Gasteiger partial charge in [0, 0.05) is 24.3 Å². The van der Waals surface area contributed by atoms with Gasteiger partial charge in [0.05, 0.1) is 6.54 Å². The lowest BCUT2D eigenvalue weighted by Crippen LogP contribution is -2.29. The second-order valence-corrected chi connectivity index (χ2v) is 3.74. The molecule has 5 nitrogen and oxygen atoms in total. The van der Waals surface area contributed by atoms with Gasteiger partial charge in [0.2, 0.25) is 5.91 Å². The van der Waals surface area contributed by atoms with E-state index in [0.717, 1.165) is 5.69 Å². The number of benzene rings is 1. The van der Waals surface area contributed by atoms with Crippen LogP contribution in [0.25, 0.3) is 0 Å². The van der Waals surface area contributed by atoms with Crippen LogP contribution in [0.5, 0.6) is 0 Å². The molecular weight excluding hydrogens is 230 g/mol. The van der Waals surface area contributed by atoms with Crippen LogP contribution in [0, 0.1) is 0 Å². The molecule has 0 unspecified atom stereocenters. The fourth-order valence-corrected chi connectivity index (χ4v) is 1.44. The highest BCUT2D eigenvalue weighted by Gasteiger charge is 2.04. The van der Waals surface area contributed by atoms with Crippen molar-refractivity contribution in [2.75, 3.05) is 25.0 Å². The minimum Gasteiger partial charge on any atom is -0.376 e. The summed E-state index contributed by atoms with van der Waals surface area (Å²) in [5.41, 5.74) is 1.43. The van der Waals surface area contributed by atoms with Crippen molar-refractivity contribution in [2.24, 2.45) is 0 Å². The summed E-state index contributed by atoms with van der Waals surface area (Å²) in [6, 6.07) is 7.02. The highest BCUT2D eigenvalue weighted by Crippen LogP contribution is 2.08. The molecule has 0 aliphatic heterocycles. The summed E-state index contributed by atoms with van der Waals surface area (Å²) in [5.74, 6) is -0.141. The molecular formula is C13H19N3O2. The third kappa shape index (κ3) is 4.45. The lowest BCUT2D eigenvalue weighted by Gasteiger charge is -2.07. The molecule has 1 rings (SSSR count). The molecule has 0 atom stereocenters. The highest BCUT2D eigenvalue weighted by atomic mass is 16.2. The van der Waals surface area contributed by atoms with E-state index in [1.807, 2.05) is 13.8 Å². The number of anilines is 1. The minimum atomic E-state index is -0.0900. The van der Waals surface area contributed by atoms with Crippen LogP contribution in [-0.2, 0) is 4.79 Å². The van der Waals surface area contributed by atoms with Gasteiger partial charge in [-0.1, -0.05) is 0 Å². The summed E-state index contributed by atoms with van der Waals surface area (Å²) in [6.07, 6.45) is 0. The molecule has 0 radical (unpaired) electrons. The molecule has 2 amide bonds. The maximum Gasteiger partial charge on any atom is 0.251 e. The molecule has 0 fully saturated rings. The van der Waals surface area contributed by atoms with Crippen LogP contribution < -0.4 is 16.0 Å². The van der Waals surface area contributed by atoms with E-state index in [1.54, 1.807) is 24.3 Å². The van der Waals surface area contributed by atoms with Gasteiger partial charge in [-0.2, -0.15) is 0 Å². The molecule has 0 aliphatic carbocycles. The zero-order valence-corrected chi connectivity index (χ0v) is 10.7. The van der Waals surface area contributed by atoms with E-state index >= 15 is 0 Å². The van der Waals surface area contributed by atoms with E-state index in [2.05, 4.69) is 16.0 Å². The van der Waals surface area contributed by atoms with Crippen LogP contribution in [0.15, 0.2) is 24.3 Å². The Morgan fingerprint density at radius 1 is 1.00 bits per heavy atom. The fourth-order valence-electron chi connectivity index (χ4n) is 1.44. The van der Waals surface area contributed by atoms with Gasteiger partial charge in [0.25, 0.3) is 5.91 Å². The third-order valence-corrected chi connectivity index (χ3v) is 2.31. The van der Waals surface area contributed by atoms with E-state index in [9.17, 15) is 9.59 Å². The van der Waals surface area contributed by atoms with E-state index in [-0.39, 0.29) is 18.4 Å². The second kappa shape index (κ2) is 7.32. The molecule has 0 heterocycles. The highest BCUT2D eigenvalue weighted by molar-refractivity contribution is 5.94. The van der Waals surface area contributed by atoms with Crippen LogP contribution in [0.3, 0.4) is 0 Å². The topological polar surface area (TPSA) is 70.2 Å². The average Bonchev–Trinajstić information content (AvgIpc) is 2.37. The van der Waals surface area contributed by atoms with Gasteiger partial charge in [-0.3, -0.25) is 9.59 Å². The van der Waals surface area contributed by atoms with Gasteiger partial charge in [0.15, 0.2) is 0 Å². The Balaban J connectivity index is 2.50. The largest absolute Gasteiger partial charge is 0.376 e. The summed E-state index contributed by atoms with van der Waals surface area (Å²) in [6.45, 7) is 5.21. The number of carbonyl (C=O) groups is 2. The fraction of sp³-hybridized carbons (Fsp3) is 0.385. The second-order valence-electron chi connectivity index (χ2n) is 3.74. The molecule has 0 bridgehead atoms. The Hall–Kier alpha value is -2.04. The predicted octanol–water partition coefficient (Wildman–Crippen LogP) is 0.984. The zero-order chi connectivity index (χ0) is 13.4. The molecule has 5 heteroatoms. The van der Waals surface area contributed by atoms with E-state index in [0.29, 0.717) is 18.7 Å². The van der Waals surface area contributed by atoms with Crippen molar-refractivity contribution in [1.29, 1.82) is 0 Å². The summed E-state index contributed by atoms with van der Waals surface area (Å²) in [5, 5.41) is 8.40. The molecule has 0 saturated heterocycles. The lowest BCUT2D eigenvalue weighted by atomic mass is 10.2. The first-order valence-electron chi connectivity index (χ1n) is 6.06. The van der Waals surface area contributed by atoms with Gasteiger partial charge in [-0.15, -0.1) is 0 Å². The molecule has 1 aromatic rings. The van der Waals surface area contributed by atoms with Crippen molar-refractivity contribution in [3.8, 4) is 0 Å². The van der Waals surface area contributed by atoms with Crippen molar-refractivity contribution in [3.05, 3.63) is 29.8 Å². The minimum absolute atomic E-state index is 0.0506. The molecule has 98 valence electrons. The third-order valence-electron chi connectivity index (χ3n) is 2.31. The Bertz CT molecular complexity index is 401. The van der Waals surface area contributed by atoms with Crippen LogP contribution in [0.1, 0.15) is 24.2 Å². The predicted molar refractivity (Wildman–Crippen MR) is 71.6 cm³/mol. The number of rotatable bonds is 6. The first-order chi connectivity index (χ1) is 8.67. The molecule has 1 aromatic carbocycles. The summed E-state index contributed by atoms with van der Waals surface area (Å²) >= 11 is 0. The van der Waals surface area contributed by atoms with Crippen molar-refractivity contribution in [2.45, 2.75) is 13.8 Å². The number of likely N-dealkylation sites (N-methyl/N-ethyl adjacent to an activating group) is 1. The van der Waals surface area contributed by atoms with Crippen molar-refractivity contribution < 1.29 is 9.59 Å². The van der Waals surface area contributed by atoms with Crippen molar-refractivity contribution >= 4 is 17.5 Å². The van der Waals surface area contributed by atoms with E-state index < -0.39 is 0 Å². The standard InChI is InChI=1S/C13H19N3O2/c1-3-14-12(17)9-16-11-7-5-10(6-8-11)13(18)15-4-2/h5-8,16H,3-4,9H2,1-2H3,(H,14,17)(H,15,18). The number of hydrogen-bond acceptors (Lipinski definition) is 3. The first-order valence-corrected chi connectivity index (χ1v) is 6.06.